The van der Waals surface area contributed by atoms with Gasteiger partial charge in [0, 0.05) is 29.9 Å². The number of amides is 1. The highest BCUT2D eigenvalue weighted by Gasteiger charge is 2.37. The second kappa shape index (κ2) is 4.89. The van der Waals surface area contributed by atoms with E-state index in [-0.39, 0.29) is 17.3 Å². The van der Waals surface area contributed by atoms with Gasteiger partial charge in [0.05, 0.1) is 0 Å². The Kier molecular flexibility index (Phi) is 3.17. The molecule has 1 amide bonds. The normalized spacial score (nSPS) is 17.3. The lowest BCUT2D eigenvalue weighted by Gasteiger charge is -2.19. The van der Waals surface area contributed by atoms with Crippen molar-refractivity contribution in [2.75, 3.05) is 5.01 Å². The van der Waals surface area contributed by atoms with Crippen LogP contribution in [0.3, 0.4) is 0 Å². The van der Waals surface area contributed by atoms with E-state index in [2.05, 4.69) is 15.4 Å². The lowest BCUT2D eigenvalue weighted by molar-refractivity contribution is -0.117. The highest BCUT2D eigenvalue weighted by molar-refractivity contribution is 5.93. The highest BCUT2D eigenvalue weighted by Crippen LogP contribution is 2.24. The van der Waals surface area contributed by atoms with Crippen LogP contribution in [0.25, 0.3) is 11.1 Å². The second-order valence-corrected chi connectivity index (χ2v) is 5.68. The number of halogens is 1. The van der Waals surface area contributed by atoms with Crippen molar-refractivity contribution in [2.45, 2.75) is 25.8 Å². The molecule has 0 bridgehead atoms. The van der Waals surface area contributed by atoms with E-state index in [9.17, 15) is 9.18 Å². The molecule has 0 aliphatic carbocycles. The Balaban J connectivity index is 1.87. The van der Waals surface area contributed by atoms with E-state index < -0.39 is 0 Å². The maximum atomic E-state index is 13.2. The summed E-state index contributed by atoms with van der Waals surface area (Å²) in [4.78, 5) is 20.3. The number of nitrogens with zero attached hydrogens (tertiary/aromatic N) is 3. The molecule has 1 N–H and O–H groups in total. The third-order valence-electron chi connectivity index (χ3n) is 3.25. The van der Waals surface area contributed by atoms with Crippen LogP contribution >= 0.6 is 0 Å². The van der Waals surface area contributed by atoms with Gasteiger partial charge >= 0.3 is 0 Å². The van der Waals surface area contributed by atoms with Crippen molar-refractivity contribution in [1.82, 2.24) is 15.4 Å². The minimum Gasteiger partial charge on any atom is -0.273 e. The van der Waals surface area contributed by atoms with Gasteiger partial charge in [-0.1, -0.05) is 12.1 Å². The molecule has 21 heavy (non-hydrogen) atoms. The van der Waals surface area contributed by atoms with Crippen molar-refractivity contribution >= 4 is 11.9 Å². The first kappa shape index (κ1) is 13.6. The zero-order valence-electron chi connectivity index (χ0n) is 11.8. The fraction of sp³-hybridized carbons (Fsp3) is 0.267. The predicted molar refractivity (Wildman–Crippen MR) is 76.7 cm³/mol. The van der Waals surface area contributed by atoms with Gasteiger partial charge in [0.1, 0.15) is 5.82 Å². The van der Waals surface area contributed by atoms with Gasteiger partial charge in [-0.2, -0.15) is 0 Å². The van der Waals surface area contributed by atoms with Crippen LogP contribution in [0.15, 0.2) is 36.7 Å². The Morgan fingerprint density at radius 2 is 1.95 bits per heavy atom. The van der Waals surface area contributed by atoms with Gasteiger partial charge in [-0.25, -0.2) is 24.8 Å². The van der Waals surface area contributed by atoms with Crippen LogP contribution in [0, 0.1) is 5.82 Å². The molecule has 1 aromatic carbocycles. The fourth-order valence-corrected chi connectivity index (χ4v) is 2.28. The third-order valence-corrected chi connectivity index (χ3v) is 3.25. The molecule has 0 saturated carbocycles. The van der Waals surface area contributed by atoms with Crippen molar-refractivity contribution in [3.63, 3.8) is 0 Å². The van der Waals surface area contributed by atoms with Gasteiger partial charge in [-0.3, -0.25) is 4.79 Å². The molecule has 6 heteroatoms. The van der Waals surface area contributed by atoms with Crippen molar-refractivity contribution in [3.05, 3.63) is 42.5 Å². The molecule has 0 spiro atoms. The average molecular weight is 286 g/mol. The van der Waals surface area contributed by atoms with E-state index in [0.29, 0.717) is 23.5 Å². The minimum absolute atomic E-state index is 0.0708. The predicted octanol–water partition coefficient (Wildman–Crippen LogP) is 2.30. The standard InChI is InChI=1S/C15H15FN4O/c1-15(2)7-13(21)20(19-15)14-17-8-11(9-18-14)10-4-3-5-12(16)6-10/h3-6,8-9,19H,7H2,1-2H3. The number of nitrogens with one attached hydrogen (secondary N) is 1. The van der Waals surface area contributed by atoms with E-state index in [1.807, 2.05) is 13.8 Å². The molecule has 5 nitrogen and oxygen atoms in total. The smallest absolute Gasteiger partial charge is 0.247 e. The Morgan fingerprint density at radius 3 is 2.52 bits per heavy atom. The van der Waals surface area contributed by atoms with Gasteiger partial charge in [0.15, 0.2) is 0 Å². The zero-order valence-corrected chi connectivity index (χ0v) is 11.8. The lowest BCUT2D eigenvalue weighted by Crippen LogP contribution is -2.43. The topological polar surface area (TPSA) is 58.1 Å². The molecule has 1 fully saturated rings. The van der Waals surface area contributed by atoms with E-state index >= 15 is 0 Å². The summed E-state index contributed by atoms with van der Waals surface area (Å²) in [7, 11) is 0. The van der Waals surface area contributed by atoms with Crippen LogP contribution in [0.2, 0.25) is 0 Å². The number of anilines is 1. The summed E-state index contributed by atoms with van der Waals surface area (Å²) in [6, 6.07) is 6.21. The Bertz CT molecular complexity index is 684. The maximum Gasteiger partial charge on any atom is 0.247 e. The lowest BCUT2D eigenvalue weighted by atomic mass is 10.0. The van der Waals surface area contributed by atoms with Gasteiger partial charge in [-0.15, -0.1) is 0 Å². The highest BCUT2D eigenvalue weighted by atomic mass is 19.1. The molecule has 1 saturated heterocycles. The molecule has 108 valence electrons. The molecule has 2 aromatic rings. The van der Waals surface area contributed by atoms with E-state index in [1.165, 1.54) is 17.1 Å². The summed E-state index contributed by atoms with van der Waals surface area (Å²) in [6.45, 7) is 3.87. The molecule has 0 radical (unpaired) electrons. The Hall–Kier alpha value is -2.34. The summed E-state index contributed by atoms with van der Waals surface area (Å²) in [5.74, 6) is -0.0843. The maximum absolute atomic E-state index is 13.2. The Morgan fingerprint density at radius 1 is 1.24 bits per heavy atom. The molecule has 1 aliphatic heterocycles. The zero-order chi connectivity index (χ0) is 15.0. The number of hydrazine groups is 1. The number of aromatic nitrogens is 2. The number of carbonyl (C=O) groups excluding carboxylic acids is 1. The van der Waals surface area contributed by atoms with Crippen molar-refractivity contribution in [1.29, 1.82) is 0 Å². The van der Waals surface area contributed by atoms with E-state index in [1.54, 1.807) is 24.5 Å². The van der Waals surface area contributed by atoms with Crippen LogP contribution in [0.4, 0.5) is 10.3 Å². The average Bonchev–Trinajstić information content (AvgIpc) is 2.72. The monoisotopic (exact) mass is 286 g/mol. The number of hydrogen-bond donors (Lipinski definition) is 1. The fourth-order valence-electron chi connectivity index (χ4n) is 2.28. The molecular weight excluding hydrogens is 271 g/mol. The van der Waals surface area contributed by atoms with Crippen molar-refractivity contribution in [3.8, 4) is 11.1 Å². The summed E-state index contributed by atoms with van der Waals surface area (Å²) in [6.07, 6.45) is 3.55. The molecular formula is C15H15FN4O. The number of rotatable bonds is 2. The van der Waals surface area contributed by atoms with E-state index in [4.69, 9.17) is 0 Å². The van der Waals surface area contributed by atoms with Crippen LogP contribution < -0.4 is 10.4 Å². The van der Waals surface area contributed by atoms with Crippen LogP contribution in [0.1, 0.15) is 20.3 Å². The molecule has 2 heterocycles. The molecule has 1 aromatic heterocycles. The Labute approximate surface area is 121 Å². The number of benzene rings is 1. The number of carbonyl (C=O) groups is 1. The first-order chi connectivity index (χ1) is 9.94. The SMILES string of the molecule is CC1(C)CC(=O)N(c2ncc(-c3cccc(F)c3)cn2)N1. The first-order valence-electron chi connectivity index (χ1n) is 6.63. The van der Waals surface area contributed by atoms with Crippen LogP contribution in [-0.2, 0) is 4.79 Å². The largest absolute Gasteiger partial charge is 0.273 e. The summed E-state index contributed by atoms with van der Waals surface area (Å²) in [5.41, 5.74) is 4.15. The third kappa shape index (κ3) is 2.75. The van der Waals surface area contributed by atoms with Gasteiger partial charge in [-0.05, 0) is 31.5 Å². The molecule has 0 unspecified atom stereocenters. The van der Waals surface area contributed by atoms with Gasteiger partial charge < -0.3 is 0 Å². The quantitative estimate of drug-likeness (QED) is 0.920. The van der Waals surface area contributed by atoms with Crippen LogP contribution in [-0.4, -0.2) is 21.4 Å². The molecule has 1 aliphatic rings. The van der Waals surface area contributed by atoms with Gasteiger partial charge in [0.25, 0.3) is 0 Å². The summed E-state index contributed by atoms with van der Waals surface area (Å²) >= 11 is 0. The molecule has 3 rings (SSSR count). The van der Waals surface area contributed by atoms with E-state index in [0.717, 1.165) is 0 Å². The van der Waals surface area contributed by atoms with Crippen molar-refractivity contribution < 1.29 is 9.18 Å². The molecule has 0 atom stereocenters. The summed E-state index contributed by atoms with van der Waals surface area (Å²) < 4.78 is 13.2. The number of hydrogen-bond acceptors (Lipinski definition) is 4. The minimum atomic E-state index is -0.310. The first-order valence-corrected chi connectivity index (χ1v) is 6.63. The second-order valence-electron chi connectivity index (χ2n) is 5.68. The van der Waals surface area contributed by atoms with Crippen LogP contribution in [0.5, 0.6) is 0 Å². The summed E-state index contributed by atoms with van der Waals surface area (Å²) in [5, 5.41) is 1.36. The van der Waals surface area contributed by atoms with Gasteiger partial charge in [0.2, 0.25) is 11.9 Å². The van der Waals surface area contributed by atoms with Crippen molar-refractivity contribution in [2.24, 2.45) is 0 Å².